The third-order valence-electron chi connectivity index (χ3n) is 4.32. The lowest BCUT2D eigenvalue weighted by atomic mass is 9.80. The Labute approximate surface area is 122 Å². The van der Waals surface area contributed by atoms with Crippen molar-refractivity contribution in [2.24, 2.45) is 11.3 Å². The standard InChI is InChI=1S/C17H26N2O/c1-12(17(2,3)4)11-15(20)19-14-9-5-7-13-8-6-10-18-16(13)14/h5,7,9,12,18H,6,8,10-11H2,1-4H3,(H,19,20). The second-order valence-electron chi connectivity index (χ2n) is 6.89. The van der Waals surface area contributed by atoms with E-state index >= 15 is 0 Å². The molecule has 1 atom stereocenters. The van der Waals surface area contributed by atoms with Gasteiger partial charge in [0.05, 0.1) is 11.4 Å². The Hall–Kier alpha value is -1.51. The second-order valence-corrected chi connectivity index (χ2v) is 6.89. The molecule has 1 amide bonds. The Kier molecular flexibility index (Phi) is 4.36. The average Bonchev–Trinajstić information content (AvgIpc) is 2.38. The van der Waals surface area contributed by atoms with E-state index in [-0.39, 0.29) is 11.3 Å². The van der Waals surface area contributed by atoms with E-state index in [1.807, 2.05) is 12.1 Å². The van der Waals surface area contributed by atoms with Crippen LogP contribution in [-0.4, -0.2) is 12.5 Å². The lowest BCUT2D eigenvalue weighted by Gasteiger charge is -2.27. The molecule has 1 heterocycles. The van der Waals surface area contributed by atoms with Crippen LogP contribution >= 0.6 is 0 Å². The van der Waals surface area contributed by atoms with Crippen molar-refractivity contribution in [1.82, 2.24) is 0 Å². The molecule has 1 aromatic rings. The maximum absolute atomic E-state index is 12.2. The van der Waals surface area contributed by atoms with E-state index in [1.54, 1.807) is 0 Å². The predicted molar refractivity (Wildman–Crippen MR) is 85.1 cm³/mol. The number of benzene rings is 1. The summed E-state index contributed by atoms with van der Waals surface area (Å²) >= 11 is 0. The molecule has 1 aliphatic heterocycles. The Morgan fingerprint density at radius 3 is 2.85 bits per heavy atom. The molecule has 0 aliphatic carbocycles. The molecule has 0 fully saturated rings. The van der Waals surface area contributed by atoms with Crippen molar-refractivity contribution in [1.29, 1.82) is 0 Å². The van der Waals surface area contributed by atoms with Crippen LogP contribution in [-0.2, 0) is 11.2 Å². The van der Waals surface area contributed by atoms with Gasteiger partial charge in [0.15, 0.2) is 0 Å². The number of rotatable bonds is 3. The van der Waals surface area contributed by atoms with Crippen LogP contribution in [0.2, 0.25) is 0 Å². The van der Waals surface area contributed by atoms with E-state index in [0.717, 1.165) is 30.8 Å². The number of carbonyl (C=O) groups is 1. The maximum atomic E-state index is 12.2. The molecule has 1 aromatic carbocycles. The number of hydrogen-bond donors (Lipinski definition) is 2. The molecule has 2 N–H and O–H groups in total. The van der Waals surface area contributed by atoms with Crippen LogP contribution in [0.5, 0.6) is 0 Å². The van der Waals surface area contributed by atoms with Crippen LogP contribution in [0.25, 0.3) is 0 Å². The number of amides is 1. The number of aryl methyl sites for hydroxylation is 1. The molecule has 1 unspecified atom stereocenters. The van der Waals surface area contributed by atoms with Crippen molar-refractivity contribution in [2.75, 3.05) is 17.2 Å². The molecule has 1 aliphatic rings. The first-order valence-corrected chi connectivity index (χ1v) is 7.53. The number of fused-ring (bicyclic) bond motifs is 1. The van der Waals surface area contributed by atoms with Gasteiger partial charge in [-0.1, -0.05) is 39.8 Å². The number of nitrogens with one attached hydrogen (secondary N) is 2. The molecule has 0 bridgehead atoms. The molecule has 3 nitrogen and oxygen atoms in total. The fraction of sp³-hybridized carbons (Fsp3) is 0.588. The van der Waals surface area contributed by atoms with E-state index in [2.05, 4.69) is 44.4 Å². The van der Waals surface area contributed by atoms with Gasteiger partial charge in [0.2, 0.25) is 5.91 Å². The van der Waals surface area contributed by atoms with Crippen LogP contribution in [0.15, 0.2) is 18.2 Å². The summed E-state index contributed by atoms with van der Waals surface area (Å²) in [4.78, 5) is 12.2. The molecular weight excluding hydrogens is 248 g/mol. The summed E-state index contributed by atoms with van der Waals surface area (Å²) in [7, 11) is 0. The predicted octanol–water partition coefficient (Wildman–Crippen LogP) is 4.06. The monoisotopic (exact) mass is 274 g/mol. The first kappa shape index (κ1) is 14.9. The third-order valence-corrected chi connectivity index (χ3v) is 4.32. The molecule has 2 rings (SSSR count). The van der Waals surface area contributed by atoms with Gasteiger partial charge in [0, 0.05) is 13.0 Å². The summed E-state index contributed by atoms with van der Waals surface area (Å²) in [5.41, 5.74) is 3.49. The third kappa shape index (κ3) is 3.53. The van der Waals surface area contributed by atoms with E-state index < -0.39 is 0 Å². The van der Waals surface area contributed by atoms with Crippen molar-refractivity contribution in [3.63, 3.8) is 0 Å². The van der Waals surface area contributed by atoms with Crippen LogP contribution in [0, 0.1) is 11.3 Å². The minimum absolute atomic E-state index is 0.105. The smallest absolute Gasteiger partial charge is 0.224 e. The first-order valence-electron chi connectivity index (χ1n) is 7.53. The quantitative estimate of drug-likeness (QED) is 0.873. The summed E-state index contributed by atoms with van der Waals surface area (Å²) in [6.07, 6.45) is 2.81. The van der Waals surface area contributed by atoms with Crippen LogP contribution in [0.3, 0.4) is 0 Å². The first-order chi connectivity index (χ1) is 9.38. The number of anilines is 2. The van der Waals surface area contributed by atoms with Gasteiger partial charge < -0.3 is 10.6 Å². The zero-order valence-electron chi connectivity index (χ0n) is 13.0. The van der Waals surface area contributed by atoms with Crippen molar-refractivity contribution in [3.05, 3.63) is 23.8 Å². The van der Waals surface area contributed by atoms with Gasteiger partial charge in [-0.05, 0) is 35.8 Å². The highest BCUT2D eigenvalue weighted by Gasteiger charge is 2.23. The molecular formula is C17H26N2O. The van der Waals surface area contributed by atoms with E-state index in [1.165, 1.54) is 5.56 Å². The minimum Gasteiger partial charge on any atom is -0.383 e. The van der Waals surface area contributed by atoms with E-state index in [0.29, 0.717) is 12.3 Å². The van der Waals surface area contributed by atoms with Crippen molar-refractivity contribution < 1.29 is 4.79 Å². The van der Waals surface area contributed by atoms with Gasteiger partial charge in [-0.3, -0.25) is 4.79 Å². The van der Waals surface area contributed by atoms with Gasteiger partial charge in [0.1, 0.15) is 0 Å². The van der Waals surface area contributed by atoms with Crippen molar-refractivity contribution in [2.45, 2.75) is 47.0 Å². The van der Waals surface area contributed by atoms with Crippen LogP contribution in [0.4, 0.5) is 11.4 Å². The van der Waals surface area contributed by atoms with Gasteiger partial charge in [-0.2, -0.15) is 0 Å². The fourth-order valence-electron chi connectivity index (χ4n) is 2.40. The number of hydrogen-bond acceptors (Lipinski definition) is 2. The van der Waals surface area contributed by atoms with Crippen molar-refractivity contribution >= 4 is 17.3 Å². The molecule has 20 heavy (non-hydrogen) atoms. The SMILES string of the molecule is CC(CC(=O)Nc1cccc2c1NCCC2)C(C)(C)C. The molecule has 0 spiro atoms. The number of para-hydroxylation sites is 1. The Bertz CT molecular complexity index is 488. The zero-order valence-corrected chi connectivity index (χ0v) is 13.0. The Morgan fingerprint density at radius 1 is 1.40 bits per heavy atom. The van der Waals surface area contributed by atoms with Gasteiger partial charge in [-0.25, -0.2) is 0 Å². The van der Waals surface area contributed by atoms with E-state index in [9.17, 15) is 4.79 Å². The highest BCUT2D eigenvalue weighted by molar-refractivity contribution is 5.95. The molecule has 3 heteroatoms. The second kappa shape index (κ2) is 5.86. The van der Waals surface area contributed by atoms with Crippen LogP contribution < -0.4 is 10.6 Å². The normalized spacial score (nSPS) is 16.0. The summed E-state index contributed by atoms with van der Waals surface area (Å²) < 4.78 is 0. The fourth-order valence-corrected chi connectivity index (χ4v) is 2.40. The summed E-state index contributed by atoms with van der Waals surface area (Å²) in [6, 6.07) is 6.14. The number of carbonyl (C=O) groups excluding carboxylic acids is 1. The van der Waals surface area contributed by atoms with Gasteiger partial charge in [-0.15, -0.1) is 0 Å². The van der Waals surface area contributed by atoms with Gasteiger partial charge >= 0.3 is 0 Å². The summed E-state index contributed by atoms with van der Waals surface area (Å²) in [5.74, 6) is 0.461. The maximum Gasteiger partial charge on any atom is 0.224 e. The lowest BCUT2D eigenvalue weighted by molar-refractivity contribution is -0.117. The largest absolute Gasteiger partial charge is 0.383 e. The zero-order chi connectivity index (χ0) is 14.8. The minimum atomic E-state index is 0.105. The highest BCUT2D eigenvalue weighted by atomic mass is 16.1. The van der Waals surface area contributed by atoms with Crippen molar-refractivity contribution in [3.8, 4) is 0 Å². The topological polar surface area (TPSA) is 41.1 Å². The van der Waals surface area contributed by atoms with Gasteiger partial charge in [0.25, 0.3) is 0 Å². The Balaban J connectivity index is 2.05. The van der Waals surface area contributed by atoms with Crippen LogP contribution in [0.1, 0.15) is 46.1 Å². The molecule has 0 radical (unpaired) electrons. The van der Waals surface area contributed by atoms with E-state index in [4.69, 9.17) is 0 Å². The average molecular weight is 274 g/mol. The highest BCUT2D eigenvalue weighted by Crippen LogP contribution is 2.32. The summed E-state index contributed by atoms with van der Waals surface area (Å²) in [5, 5.41) is 6.48. The lowest BCUT2D eigenvalue weighted by Crippen LogP contribution is -2.24. The Morgan fingerprint density at radius 2 is 2.15 bits per heavy atom. The molecule has 0 saturated carbocycles. The summed E-state index contributed by atoms with van der Waals surface area (Å²) in [6.45, 7) is 9.65. The molecule has 0 saturated heterocycles. The molecule has 0 aromatic heterocycles. The molecule has 110 valence electrons.